The Hall–Kier alpha value is -3.71. The molecule has 6 aromatic carbocycles. The first-order valence-corrected chi connectivity index (χ1v) is 15.2. The highest BCUT2D eigenvalue weighted by molar-refractivity contribution is 14.0. The molecule has 6 rings (SSSR count). The van der Waals surface area contributed by atoms with Gasteiger partial charge in [0.1, 0.15) is 17.2 Å². The highest BCUT2D eigenvalue weighted by Crippen LogP contribution is 2.36. The summed E-state index contributed by atoms with van der Waals surface area (Å²) < 4.78 is 19.9. The van der Waals surface area contributed by atoms with Gasteiger partial charge in [0.15, 0.2) is 0 Å². The van der Waals surface area contributed by atoms with Crippen LogP contribution in [-0.2, 0) is 12.8 Å². The lowest BCUT2D eigenvalue weighted by Crippen LogP contribution is -2.37. The lowest BCUT2D eigenvalue weighted by molar-refractivity contribution is 0.306. The van der Waals surface area contributed by atoms with Gasteiger partial charge in [0.05, 0.1) is 0 Å². The molecule has 0 amide bonds. The first-order valence-electron chi connectivity index (χ1n) is 15.2. The molecular formula is C38H38BIO3. The molecule has 0 bridgehead atoms. The summed E-state index contributed by atoms with van der Waals surface area (Å²) in [6.07, 6.45) is 6.31. The van der Waals surface area contributed by atoms with Crippen LogP contribution in [-0.4, -0.2) is 7.32 Å². The number of fused-ring (bicyclic) bond motifs is 4. The Balaban J connectivity index is 0.00000368. The van der Waals surface area contributed by atoms with E-state index in [1.165, 1.54) is 16.2 Å². The Morgan fingerprint density at radius 3 is 1.60 bits per heavy atom. The number of rotatable bonds is 12. The van der Waals surface area contributed by atoms with Crippen molar-refractivity contribution in [3.8, 4) is 17.2 Å². The standard InChI is InChI=1S/C38H37BO3.HI/c1-3-5-14-28-16-9-11-21-35(28)40-39(41-36-22-12-10-17-29(36)15-6-4-2)42-37-23-13-20-30-24-25-33-26-31-18-7-8-19-32(31)27-34(33)38(30)37;/h7-13,16-27H,3-6,14-15H2,1-2H3;1H. The summed E-state index contributed by atoms with van der Waals surface area (Å²) in [7, 11) is -0.975. The zero-order chi connectivity index (χ0) is 28.7. The van der Waals surface area contributed by atoms with Gasteiger partial charge in [-0.3, -0.25) is 0 Å². The van der Waals surface area contributed by atoms with Crippen LogP contribution in [0.15, 0.2) is 115 Å². The predicted molar refractivity (Wildman–Crippen MR) is 192 cm³/mol. The molecule has 0 aromatic heterocycles. The molecule has 0 aliphatic rings. The fraction of sp³-hybridized carbons (Fsp3) is 0.211. The summed E-state index contributed by atoms with van der Waals surface area (Å²) in [5.41, 5.74) is 2.32. The summed E-state index contributed by atoms with van der Waals surface area (Å²) in [5, 5.41) is 6.90. The molecule has 0 aliphatic carbocycles. The first-order chi connectivity index (χ1) is 20.7. The van der Waals surface area contributed by atoms with E-state index in [1.54, 1.807) is 0 Å². The van der Waals surface area contributed by atoms with E-state index in [4.69, 9.17) is 14.0 Å². The Kier molecular flexibility index (Phi) is 10.5. The van der Waals surface area contributed by atoms with Gasteiger partial charge in [0.25, 0.3) is 0 Å². The molecule has 3 nitrogen and oxygen atoms in total. The van der Waals surface area contributed by atoms with Gasteiger partial charge in [0.2, 0.25) is 0 Å². The molecule has 218 valence electrons. The van der Waals surface area contributed by atoms with Gasteiger partial charge in [-0.1, -0.05) is 112 Å². The lowest BCUT2D eigenvalue weighted by Gasteiger charge is -2.21. The van der Waals surface area contributed by atoms with Gasteiger partial charge in [-0.2, -0.15) is 0 Å². The topological polar surface area (TPSA) is 27.7 Å². The van der Waals surface area contributed by atoms with Crippen molar-refractivity contribution in [2.24, 2.45) is 0 Å². The molecule has 0 atom stereocenters. The van der Waals surface area contributed by atoms with Gasteiger partial charge < -0.3 is 14.0 Å². The SMILES string of the molecule is CCCCc1ccccc1OB(Oc1ccccc1CCCC)Oc1cccc2ccc3cc4ccccc4cc3c12.I. The minimum absolute atomic E-state index is 0. The second-order valence-corrected chi connectivity index (χ2v) is 10.9. The average Bonchev–Trinajstić information content (AvgIpc) is 3.03. The Labute approximate surface area is 272 Å². The fourth-order valence-corrected chi connectivity index (χ4v) is 5.63. The summed E-state index contributed by atoms with van der Waals surface area (Å²) in [4.78, 5) is 0. The van der Waals surface area contributed by atoms with Gasteiger partial charge >= 0.3 is 7.32 Å². The molecule has 0 heterocycles. The van der Waals surface area contributed by atoms with E-state index < -0.39 is 7.32 Å². The van der Waals surface area contributed by atoms with Crippen LogP contribution in [0.1, 0.15) is 50.7 Å². The maximum atomic E-state index is 6.73. The number of para-hydroxylation sites is 2. The maximum absolute atomic E-state index is 6.73. The summed E-state index contributed by atoms with van der Waals surface area (Å²) in [6, 6.07) is 40.0. The molecule has 0 aliphatic heterocycles. The molecule has 0 spiro atoms. The van der Waals surface area contributed by atoms with Crippen LogP contribution in [0, 0.1) is 0 Å². The van der Waals surface area contributed by atoms with Crippen molar-refractivity contribution in [3.63, 3.8) is 0 Å². The number of hydrogen-bond acceptors (Lipinski definition) is 3. The quantitative estimate of drug-likeness (QED) is 0.0557. The van der Waals surface area contributed by atoms with Gasteiger partial charge in [-0.15, -0.1) is 24.0 Å². The van der Waals surface area contributed by atoms with E-state index in [2.05, 4.69) is 92.7 Å². The Morgan fingerprint density at radius 2 is 0.977 bits per heavy atom. The predicted octanol–water partition coefficient (Wildman–Crippen LogP) is 11.0. The monoisotopic (exact) mass is 680 g/mol. The van der Waals surface area contributed by atoms with Crippen LogP contribution in [0.4, 0.5) is 0 Å². The molecule has 5 heteroatoms. The number of halogens is 1. The molecule has 0 N–H and O–H groups in total. The van der Waals surface area contributed by atoms with Crippen molar-refractivity contribution >= 4 is 63.6 Å². The van der Waals surface area contributed by atoms with Crippen LogP contribution < -0.4 is 14.0 Å². The van der Waals surface area contributed by atoms with Crippen molar-refractivity contribution in [1.29, 1.82) is 0 Å². The van der Waals surface area contributed by atoms with E-state index >= 15 is 0 Å². The molecule has 0 saturated carbocycles. The van der Waals surface area contributed by atoms with Crippen LogP contribution in [0.5, 0.6) is 17.2 Å². The largest absolute Gasteiger partial charge is 0.864 e. The maximum Gasteiger partial charge on any atom is 0.864 e. The molecule has 6 aromatic rings. The second kappa shape index (κ2) is 14.7. The lowest BCUT2D eigenvalue weighted by atomic mass is 9.97. The van der Waals surface area contributed by atoms with Crippen LogP contribution in [0.2, 0.25) is 0 Å². The number of unbranched alkanes of at least 4 members (excludes halogenated alkanes) is 2. The van der Waals surface area contributed by atoms with E-state index in [1.807, 2.05) is 36.4 Å². The highest BCUT2D eigenvalue weighted by Gasteiger charge is 2.32. The van der Waals surface area contributed by atoms with E-state index in [0.29, 0.717) is 0 Å². The highest BCUT2D eigenvalue weighted by atomic mass is 127. The smallest absolute Gasteiger partial charge is 0.489 e. The summed E-state index contributed by atoms with van der Waals surface area (Å²) in [5.74, 6) is 2.31. The third kappa shape index (κ3) is 7.10. The summed E-state index contributed by atoms with van der Waals surface area (Å²) in [6.45, 7) is 4.42. The van der Waals surface area contributed by atoms with Crippen molar-refractivity contribution < 1.29 is 14.0 Å². The van der Waals surface area contributed by atoms with Crippen molar-refractivity contribution in [2.75, 3.05) is 0 Å². The van der Waals surface area contributed by atoms with Gasteiger partial charge in [-0.25, -0.2) is 0 Å². The van der Waals surface area contributed by atoms with E-state index in [9.17, 15) is 0 Å². The number of benzene rings is 6. The van der Waals surface area contributed by atoms with E-state index in [-0.39, 0.29) is 24.0 Å². The molecule has 0 saturated heterocycles. The van der Waals surface area contributed by atoms with Crippen molar-refractivity contribution in [3.05, 3.63) is 126 Å². The second-order valence-electron chi connectivity index (χ2n) is 10.9. The van der Waals surface area contributed by atoms with Crippen LogP contribution in [0.3, 0.4) is 0 Å². The van der Waals surface area contributed by atoms with Crippen LogP contribution in [0.25, 0.3) is 32.3 Å². The van der Waals surface area contributed by atoms with Gasteiger partial charge in [-0.05, 0) is 94.1 Å². The van der Waals surface area contributed by atoms with Gasteiger partial charge in [0, 0.05) is 5.39 Å². The Bertz CT molecular complexity index is 1770. The van der Waals surface area contributed by atoms with E-state index in [0.717, 1.165) is 83.1 Å². The number of hydrogen-bond donors (Lipinski definition) is 0. The summed E-state index contributed by atoms with van der Waals surface area (Å²) >= 11 is 0. The van der Waals surface area contributed by atoms with Crippen LogP contribution >= 0.6 is 24.0 Å². The molecular weight excluding hydrogens is 642 g/mol. The molecule has 0 fully saturated rings. The fourth-order valence-electron chi connectivity index (χ4n) is 5.63. The molecule has 43 heavy (non-hydrogen) atoms. The third-order valence-electron chi connectivity index (χ3n) is 7.90. The third-order valence-corrected chi connectivity index (χ3v) is 7.90. The Morgan fingerprint density at radius 1 is 0.488 bits per heavy atom. The van der Waals surface area contributed by atoms with Crippen molar-refractivity contribution in [2.45, 2.75) is 52.4 Å². The molecule has 0 radical (unpaired) electrons. The molecule has 0 unspecified atom stereocenters. The first kappa shape index (κ1) is 30.7. The zero-order valence-electron chi connectivity index (χ0n) is 24.9. The van der Waals surface area contributed by atoms with Crippen molar-refractivity contribution in [1.82, 2.24) is 0 Å². The minimum Gasteiger partial charge on any atom is -0.489 e. The zero-order valence-corrected chi connectivity index (χ0v) is 27.3. The average molecular weight is 680 g/mol. The minimum atomic E-state index is -0.975. The normalized spacial score (nSPS) is 10.9. The number of aryl methyl sites for hydroxylation is 2.